The van der Waals surface area contributed by atoms with Crippen molar-refractivity contribution in [1.29, 1.82) is 0 Å². The van der Waals surface area contributed by atoms with E-state index < -0.39 is 48.8 Å². The number of primary amides is 2. The SMILES string of the molecule is [2H]c1cc([2H])c(C([2H])(C([2H])([2H])OC(N)=O)C([2H])([2H])OC(N)=O)c([2H])c1. The summed E-state index contributed by atoms with van der Waals surface area (Å²) in [5.74, 6) is -3.47. The number of carbonyl (C=O) groups is 2. The fourth-order valence-corrected chi connectivity index (χ4v) is 0.781. The molecule has 17 heavy (non-hydrogen) atoms. The Morgan fingerprint density at radius 1 is 1.29 bits per heavy atom. The van der Waals surface area contributed by atoms with Crippen LogP contribution in [-0.2, 0) is 9.47 Å². The van der Waals surface area contributed by atoms with Crippen molar-refractivity contribution in [2.45, 2.75) is 5.89 Å². The molecule has 0 aliphatic rings. The minimum absolute atomic E-state index is 0.339. The molecule has 0 aliphatic heterocycles. The molecule has 0 saturated carbocycles. The van der Waals surface area contributed by atoms with Crippen LogP contribution >= 0.6 is 0 Å². The molecule has 0 spiro atoms. The van der Waals surface area contributed by atoms with Gasteiger partial charge in [0, 0.05) is 1.37 Å². The molecule has 2 amide bonds. The third kappa shape index (κ3) is 4.87. The monoisotopic (exact) mass is 246 g/mol. The number of benzene rings is 1. The number of amides is 2. The standard InChI is InChI=1S/C11H14N2O4/c12-10(14)16-6-9(7-17-11(13)15)8-4-2-1-3-5-8/h1-5,9H,6-7H2,(H2,12,14)(H2,13,15)/i1D,4D,5D,6D2,7D2,9D. The minimum atomic E-state index is -3.59. The molecule has 0 atom stereocenters. The van der Waals surface area contributed by atoms with E-state index in [1.807, 2.05) is 0 Å². The van der Waals surface area contributed by atoms with Crippen molar-refractivity contribution >= 4 is 12.2 Å². The molecule has 0 aromatic heterocycles. The van der Waals surface area contributed by atoms with Gasteiger partial charge in [0.1, 0.15) is 13.1 Å². The van der Waals surface area contributed by atoms with Gasteiger partial charge in [0.05, 0.1) is 15.5 Å². The number of hydrogen-bond acceptors (Lipinski definition) is 4. The van der Waals surface area contributed by atoms with E-state index in [2.05, 4.69) is 9.47 Å². The summed E-state index contributed by atoms with van der Waals surface area (Å²) >= 11 is 0. The van der Waals surface area contributed by atoms with Crippen LogP contribution in [0.5, 0.6) is 0 Å². The van der Waals surface area contributed by atoms with Crippen LogP contribution < -0.4 is 11.5 Å². The fourth-order valence-electron chi connectivity index (χ4n) is 0.781. The maximum atomic E-state index is 11.0. The molecule has 92 valence electrons. The van der Waals surface area contributed by atoms with E-state index in [1.54, 1.807) is 0 Å². The lowest BCUT2D eigenvalue weighted by molar-refractivity contribution is 0.116. The van der Waals surface area contributed by atoms with Crippen LogP contribution in [0.4, 0.5) is 9.59 Å². The predicted molar refractivity (Wildman–Crippen MR) is 60.3 cm³/mol. The van der Waals surface area contributed by atoms with Crippen LogP contribution in [0.2, 0.25) is 0 Å². The van der Waals surface area contributed by atoms with Crippen molar-refractivity contribution in [2.24, 2.45) is 11.5 Å². The van der Waals surface area contributed by atoms with Crippen molar-refractivity contribution in [2.75, 3.05) is 13.1 Å². The highest BCUT2D eigenvalue weighted by atomic mass is 16.6. The number of hydrogen-bond donors (Lipinski definition) is 2. The van der Waals surface area contributed by atoms with E-state index >= 15 is 0 Å². The van der Waals surface area contributed by atoms with Crippen molar-refractivity contribution in [3.8, 4) is 0 Å². The van der Waals surface area contributed by atoms with Gasteiger partial charge in [-0.15, -0.1) is 0 Å². The average Bonchev–Trinajstić information content (AvgIpc) is 2.33. The lowest BCUT2D eigenvalue weighted by atomic mass is 10.0. The molecule has 1 aromatic carbocycles. The van der Waals surface area contributed by atoms with E-state index in [-0.39, 0.29) is 6.04 Å². The van der Waals surface area contributed by atoms with Gasteiger partial charge < -0.3 is 20.9 Å². The summed E-state index contributed by atoms with van der Waals surface area (Å²) in [5, 5.41) is 0. The number of rotatable bonds is 5. The van der Waals surface area contributed by atoms with E-state index in [0.717, 1.165) is 12.1 Å². The molecule has 0 unspecified atom stereocenters. The first kappa shape index (κ1) is 5.39. The van der Waals surface area contributed by atoms with E-state index in [1.165, 1.54) is 0 Å². The van der Waals surface area contributed by atoms with Gasteiger partial charge in [0.15, 0.2) is 0 Å². The summed E-state index contributed by atoms with van der Waals surface area (Å²) in [6.45, 7) is -7.18. The Morgan fingerprint density at radius 3 is 2.18 bits per heavy atom. The van der Waals surface area contributed by atoms with Crippen molar-refractivity contribution < 1.29 is 30.0 Å². The van der Waals surface area contributed by atoms with Crippen LogP contribution in [0, 0.1) is 0 Å². The summed E-state index contributed by atoms with van der Waals surface area (Å²) in [4.78, 5) is 21.9. The van der Waals surface area contributed by atoms with E-state index in [0.29, 0.717) is 0 Å². The van der Waals surface area contributed by atoms with Crippen LogP contribution in [-0.4, -0.2) is 25.3 Å². The van der Waals surface area contributed by atoms with Gasteiger partial charge in [-0.2, -0.15) is 0 Å². The molecule has 6 nitrogen and oxygen atoms in total. The number of carbonyl (C=O) groups excluding carboxylic acids is 2. The molecule has 0 saturated heterocycles. The van der Waals surface area contributed by atoms with Crippen molar-refractivity contribution in [3.63, 3.8) is 0 Å². The zero-order valence-corrected chi connectivity index (χ0v) is 8.44. The molecule has 0 bridgehead atoms. The van der Waals surface area contributed by atoms with Crippen LogP contribution in [0.3, 0.4) is 0 Å². The van der Waals surface area contributed by atoms with Crippen molar-refractivity contribution in [1.82, 2.24) is 0 Å². The predicted octanol–water partition coefficient (Wildman–Crippen LogP) is 0.961. The molecule has 1 rings (SSSR count). The highest BCUT2D eigenvalue weighted by Crippen LogP contribution is 2.16. The summed E-state index contributed by atoms with van der Waals surface area (Å²) in [7, 11) is 0. The fraction of sp³-hybridized carbons (Fsp3) is 0.273. The average molecular weight is 246 g/mol. The Balaban J connectivity index is 3.82. The number of ether oxygens (including phenoxy) is 2. The Hall–Kier alpha value is -2.24. The summed E-state index contributed by atoms with van der Waals surface area (Å²) in [6.07, 6.45) is -3.43. The van der Waals surface area contributed by atoms with Gasteiger partial charge in [0.25, 0.3) is 0 Å². The maximum absolute atomic E-state index is 11.0. The van der Waals surface area contributed by atoms with Gasteiger partial charge in [-0.05, 0) is 5.56 Å². The highest BCUT2D eigenvalue weighted by Gasteiger charge is 2.15. The van der Waals surface area contributed by atoms with Crippen LogP contribution in [0.1, 0.15) is 22.4 Å². The maximum Gasteiger partial charge on any atom is 0.404 e. The van der Waals surface area contributed by atoms with E-state index in [9.17, 15) is 9.59 Å². The molecule has 0 radical (unpaired) electrons. The Morgan fingerprint density at radius 2 is 1.76 bits per heavy atom. The molecule has 4 N–H and O–H groups in total. The normalized spacial score (nSPS) is 19.1. The molecule has 0 fully saturated rings. The molecule has 1 aromatic rings. The Kier molecular flexibility index (Phi) is 2.02. The number of nitrogens with two attached hydrogens (primary N) is 2. The van der Waals surface area contributed by atoms with Gasteiger partial charge in [-0.25, -0.2) is 9.59 Å². The minimum Gasteiger partial charge on any atom is -0.449 e. The lowest BCUT2D eigenvalue weighted by Crippen LogP contribution is -2.23. The van der Waals surface area contributed by atoms with Gasteiger partial charge in [-0.3, -0.25) is 0 Å². The second-order valence-corrected chi connectivity index (χ2v) is 2.54. The summed E-state index contributed by atoms with van der Waals surface area (Å²) in [5.41, 5.74) is 8.53. The third-order valence-corrected chi connectivity index (χ3v) is 1.36. The third-order valence-electron chi connectivity index (χ3n) is 1.36. The second-order valence-electron chi connectivity index (χ2n) is 2.54. The Labute approximate surface area is 110 Å². The first-order chi connectivity index (χ1) is 11.2. The smallest absolute Gasteiger partial charge is 0.404 e. The highest BCUT2D eigenvalue weighted by molar-refractivity contribution is 5.65. The van der Waals surface area contributed by atoms with Gasteiger partial charge in [0.2, 0.25) is 0 Å². The first-order valence-corrected chi connectivity index (χ1v) is 4.21. The largest absolute Gasteiger partial charge is 0.449 e. The second kappa shape index (κ2) is 6.37. The molecule has 0 heterocycles. The Bertz CT molecular complexity index is 660. The zero-order valence-electron chi connectivity index (χ0n) is 16.4. The lowest BCUT2D eigenvalue weighted by Gasteiger charge is -2.16. The molecular formula is C11H14N2O4. The zero-order chi connectivity index (χ0) is 19.8. The van der Waals surface area contributed by atoms with Crippen LogP contribution in [0.25, 0.3) is 0 Å². The van der Waals surface area contributed by atoms with Gasteiger partial charge >= 0.3 is 12.2 Å². The summed E-state index contributed by atoms with van der Waals surface area (Å²) < 4.78 is 70.7. The molecular weight excluding hydrogens is 224 g/mol. The topological polar surface area (TPSA) is 105 Å². The quantitative estimate of drug-likeness (QED) is 0.807. The first-order valence-electron chi connectivity index (χ1n) is 8.21. The van der Waals surface area contributed by atoms with Gasteiger partial charge in [-0.1, -0.05) is 30.3 Å². The molecule has 0 aliphatic carbocycles. The van der Waals surface area contributed by atoms with Crippen LogP contribution in [0.15, 0.2) is 30.3 Å². The van der Waals surface area contributed by atoms with E-state index in [4.69, 9.17) is 22.4 Å². The van der Waals surface area contributed by atoms with Crippen molar-refractivity contribution in [3.05, 3.63) is 35.8 Å². The summed E-state index contributed by atoms with van der Waals surface area (Å²) in [6, 6.07) is -0.314. The molecule has 6 heteroatoms.